The number of rotatable bonds is 2. The molecular weight excluding hydrogens is 361 g/mol. The van der Waals surface area contributed by atoms with E-state index in [2.05, 4.69) is 4.90 Å². The molecule has 2 heterocycles. The van der Waals surface area contributed by atoms with Crippen molar-refractivity contribution in [3.8, 4) is 5.75 Å². The number of nitrogens with one attached hydrogen (secondary N) is 1. The minimum Gasteiger partial charge on any atom is -0.506 e. The maximum absolute atomic E-state index is 15.2. The number of benzene rings is 1. The third kappa shape index (κ3) is 2.92. The fraction of sp³-hybridized carbons (Fsp3) is 0.588. The molecule has 2 aliphatic heterocycles. The van der Waals surface area contributed by atoms with Gasteiger partial charge in [-0.3, -0.25) is 4.79 Å². The summed E-state index contributed by atoms with van der Waals surface area (Å²) in [5.41, 5.74) is 0.747. The van der Waals surface area contributed by atoms with Gasteiger partial charge in [0.05, 0.1) is 0 Å². The number of amides is 1. The molecule has 1 aromatic rings. The summed E-state index contributed by atoms with van der Waals surface area (Å²) in [5, 5.41) is 10.3. The molecule has 1 aliphatic carbocycles. The fourth-order valence-electron chi connectivity index (χ4n) is 4.34. The molecule has 0 spiro atoms. The molecule has 3 aliphatic rings. The highest BCUT2D eigenvalue weighted by Crippen LogP contribution is 2.39. The number of halogens is 1. The molecule has 1 aromatic carbocycles. The SMILES string of the molecule is O=C1CN(c2c(O)cc3c(c2F)CC[C@H](N2CCCC2)CC3)S(=O)(=O)N1. The first-order valence-electron chi connectivity index (χ1n) is 8.97. The third-order valence-corrected chi connectivity index (χ3v) is 6.99. The summed E-state index contributed by atoms with van der Waals surface area (Å²) in [6.07, 6.45) is 5.22. The first-order valence-corrected chi connectivity index (χ1v) is 10.4. The van der Waals surface area contributed by atoms with Crippen LogP contribution in [0, 0.1) is 5.82 Å². The van der Waals surface area contributed by atoms with E-state index in [-0.39, 0.29) is 0 Å². The predicted molar refractivity (Wildman–Crippen MR) is 93.7 cm³/mol. The zero-order valence-corrected chi connectivity index (χ0v) is 15.2. The largest absolute Gasteiger partial charge is 0.506 e. The number of aromatic hydroxyl groups is 1. The van der Waals surface area contributed by atoms with Crippen LogP contribution >= 0.6 is 0 Å². The molecule has 142 valence electrons. The van der Waals surface area contributed by atoms with E-state index < -0.39 is 39.9 Å². The van der Waals surface area contributed by atoms with Crippen molar-refractivity contribution in [1.82, 2.24) is 9.62 Å². The van der Waals surface area contributed by atoms with E-state index in [0.29, 0.717) is 28.8 Å². The Morgan fingerprint density at radius 2 is 1.88 bits per heavy atom. The van der Waals surface area contributed by atoms with Crippen LogP contribution in [0.5, 0.6) is 5.75 Å². The number of hydrogen-bond donors (Lipinski definition) is 2. The van der Waals surface area contributed by atoms with Gasteiger partial charge in [-0.1, -0.05) is 0 Å². The number of likely N-dealkylation sites (tertiary alicyclic amines) is 1. The van der Waals surface area contributed by atoms with Crippen molar-refractivity contribution in [3.05, 3.63) is 23.0 Å². The highest BCUT2D eigenvalue weighted by Gasteiger charge is 2.39. The molecule has 0 bridgehead atoms. The van der Waals surface area contributed by atoms with E-state index in [4.69, 9.17) is 0 Å². The lowest BCUT2D eigenvalue weighted by molar-refractivity contribution is -0.117. The first kappa shape index (κ1) is 17.5. The Kier molecular flexibility index (Phi) is 4.31. The first-order chi connectivity index (χ1) is 12.4. The maximum atomic E-state index is 15.2. The second-order valence-electron chi connectivity index (χ2n) is 7.21. The van der Waals surface area contributed by atoms with E-state index in [1.54, 1.807) is 0 Å². The van der Waals surface area contributed by atoms with Crippen LogP contribution in [0.4, 0.5) is 10.1 Å². The van der Waals surface area contributed by atoms with Gasteiger partial charge in [0.25, 0.3) is 5.91 Å². The highest BCUT2D eigenvalue weighted by atomic mass is 32.2. The molecule has 2 N–H and O–H groups in total. The third-order valence-electron chi connectivity index (χ3n) is 5.62. The summed E-state index contributed by atoms with van der Waals surface area (Å²) in [6.45, 7) is 1.61. The van der Waals surface area contributed by atoms with Crippen LogP contribution in [-0.2, 0) is 27.8 Å². The summed E-state index contributed by atoms with van der Waals surface area (Å²) in [6, 6.07) is 1.84. The topological polar surface area (TPSA) is 90.0 Å². The van der Waals surface area contributed by atoms with Crippen LogP contribution in [0.15, 0.2) is 6.07 Å². The molecule has 0 saturated carbocycles. The van der Waals surface area contributed by atoms with E-state index >= 15 is 4.39 Å². The molecule has 7 nitrogen and oxygen atoms in total. The number of carbonyl (C=O) groups is 1. The van der Waals surface area contributed by atoms with Crippen LogP contribution in [0.1, 0.15) is 36.8 Å². The Balaban J connectivity index is 1.68. The van der Waals surface area contributed by atoms with E-state index in [0.717, 1.165) is 31.5 Å². The standard InChI is InChI=1S/C17H22FN3O4S/c18-16-13-6-5-12(20-7-1-2-8-20)4-3-11(13)9-14(22)17(16)21-10-15(23)19-26(21,24)25/h9,12,22H,1-8,10H2,(H,19,23)/t12-/m1/s1. The second kappa shape index (κ2) is 6.38. The van der Waals surface area contributed by atoms with Crippen LogP contribution < -0.4 is 9.03 Å². The van der Waals surface area contributed by atoms with Crippen molar-refractivity contribution in [3.63, 3.8) is 0 Å². The molecular formula is C17H22FN3O4S. The van der Waals surface area contributed by atoms with Crippen LogP contribution in [-0.4, -0.2) is 50.0 Å². The fourth-order valence-corrected chi connectivity index (χ4v) is 5.51. The molecule has 1 atom stereocenters. The quantitative estimate of drug-likeness (QED) is 0.746. The van der Waals surface area contributed by atoms with E-state index in [1.165, 1.54) is 18.9 Å². The number of nitrogens with zero attached hydrogens (tertiary/aromatic N) is 2. The summed E-state index contributed by atoms with van der Waals surface area (Å²) in [7, 11) is -4.17. The summed E-state index contributed by atoms with van der Waals surface area (Å²) in [5.74, 6) is -1.92. The normalized spacial score (nSPS) is 25.8. The van der Waals surface area contributed by atoms with Gasteiger partial charge in [0.15, 0.2) is 5.82 Å². The Labute approximate surface area is 152 Å². The molecule has 0 radical (unpaired) electrons. The van der Waals surface area contributed by atoms with Crippen molar-refractivity contribution in [2.45, 2.75) is 44.6 Å². The van der Waals surface area contributed by atoms with Crippen molar-refractivity contribution >= 4 is 21.8 Å². The maximum Gasteiger partial charge on any atom is 0.326 e. The lowest BCUT2D eigenvalue weighted by atomic mass is 10.0. The molecule has 2 fully saturated rings. The number of carbonyl (C=O) groups excluding carboxylic acids is 1. The van der Waals surface area contributed by atoms with Gasteiger partial charge in [-0.15, -0.1) is 0 Å². The number of aryl methyl sites for hydroxylation is 1. The zero-order valence-electron chi connectivity index (χ0n) is 14.4. The molecule has 0 unspecified atom stereocenters. The second-order valence-corrected chi connectivity index (χ2v) is 8.80. The lowest BCUT2D eigenvalue weighted by Gasteiger charge is -2.26. The molecule has 0 aromatic heterocycles. The van der Waals surface area contributed by atoms with Gasteiger partial charge in [0, 0.05) is 6.04 Å². The molecule has 1 amide bonds. The molecule has 2 saturated heterocycles. The van der Waals surface area contributed by atoms with Crippen LogP contribution in [0.3, 0.4) is 0 Å². The number of fused-ring (bicyclic) bond motifs is 1. The summed E-state index contributed by atoms with van der Waals surface area (Å²) < 4.78 is 41.7. The smallest absolute Gasteiger partial charge is 0.326 e. The van der Waals surface area contributed by atoms with E-state index in [1.807, 2.05) is 4.72 Å². The number of anilines is 1. The Hall–Kier alpha value is -1.87. The molecule has 9 heteroatoms. The minimum absolute atomic E-state index is 0.383. The van der Waals surface area contributed by atoms with Gasteiger partial charge in [-0.2, -0.15) is 8.42 Å². The van der Waals surface area contributed by atoms with E-state index in [9.17, 15) is 18.3 Å². The molecule has 4 rings (SSSR count). The van der Waals surface area contributed by atoms with Crippen molar-refractivity contribution in [2.75, 3.05) is 23.9 Å². The van der Waals surface area contributed by atoms with Gasteiger partial charge in [-0.05, 0) is 68.8 Å². The number of phenols is 1. The monoisotopic (exact) mass is 383 g/mol. The Morgan fingerprint density at radius 3 is 2.54 bits per heavy atom. The van der Waals surface area contributed by atoms with Gasteiger partial charge in [0.2, 0.25) is 0 Å². The predicted octanol–water partition coefficient (Wildman–Crippen LogP) is 1.06. The van der Waals surface area contributed by atoms with Gasteiger partial charge < -0.3 is 10.0 Å². The minimum atomic E-state index is -4.17. The Morgan fingerprint density at radius 1 is 1.19 bits per heavy atom. The van der Waals surface area contributed by atoms with Gasteiger partial charge in [-0.25, -0.2) is 13.4 Å². The average Bonchev–Trinajstić information content (AvgIpc) is 3.11. The van der Waals surface area contributed by atoms with Crippen molar-refractivity contribution in [2.24, 2.45) is 0 Å². The summed E-state index contributed by atoms with van der Waals surface area (Å²) in [4.78, 5) is 13.9. The van der Waals surface area contributed by atoms with Crippen molar-refractivity contribution in [1.29, 1.82) is 0 Å². The highest BCUT2D eigenvalue weighted by molar-refractivity contribution is 7.92. The zero-order chi connectivity index (χ0) is 18.5. The van der Waals surface area contributed by atoms with Crippen LogP contribution in [0.2, 0.25) is 0 Å². The van der Waals surface area contributed by atoms with Crippen molar-refractivity contribution < 1.29 is 22.7 Å². The van der Waals surface area contributed by atoms with Gasteiger partial charge in [0.1, 0.15) is 18.0 Å². The van der Waals surface area contributed by atoms with Gasteiger partial charge >= 0.3 is 10.2 Å². The number of phenolic OH excluding ortho intramolecular Hbond substituents is 1. The summed E-state index contributed by atoms with van der Waals surface area (Å²) >= 11 is 0. The average molecular weight is 383 g/mol. The number of hydrogen-bond acceptors (Lipinski definition) is 5. The lowest BCUT2D eigenvalue weighted by Crippen LogP contribution is -2.32. The van der Waals surface area contributed by atoms with Crippen LogP contribution in [0.25, 0.3) is 0 Å². The Bertz CT molecular complexity index is 852. The molecule has 26 heavy (non-hydrogen) atoms.